The Hall–Kier alpha value is -3.92. The van der Waals surface area contributed by atoms with Gasteiger partial charge in [0.25, 0.3) is 0 Å². The number of thiocarbonyl (C=S) groups is 1. The molecule has 1 aliphatic heterocycles. The average molecular weight is 591 g/mol. The topological polar surface area (TPSA) is 77.9 Å². The molecule has 0 aliphatic carbocycles. The minimum absolute atomic E-state index is 0.245. The summed E-state index contributed by atoms with van der Waals surface area (Å²) in [6.45, 7) is 4.92. The number of nitrogens with one attached hydrogen (secondary N) is 1. The van der Waals surface area contributed by atoms with Crippen LogP contribution in [0, 0.1) is 13.8 Å². The zero-order valence-corrected chi connectivity index (χ0v) is 24.8. The van der Waals surface area contributed by atoms with Crippen LogP contribution in [0.3, 0.4) is 0 Å². The fraction of sp³-hybridized carbons (Fsp3) is 0.258. The lowest BCUT2D eigenvalue weighted by molar-refractivity contribution is 0.0600. The van der Waals surface area contributed by atoms with E-state index in [1.807, 2.05) is 68.4 Å². The molecular weight excluding hydrogens is 560 g/mol. The number of nitrogens with zero attached hydrogens (tertiary/aromatic N) is 3. The minimum atomic E-state index is -0.395. The molecule has 2 aromatic heterocycles. The van der Waals surface area contributed by atoms with Crippen molar-refractivity contribution in [1.82, 2.24) is 14.9 Å². The Balaban J connectivity index is 1.63. The van der Waals surface area contributed by atoms with E-state index in [1.165, 1.54) is 7.11 Å². The lowest BCUT2D eigenvalue weighted by atomic mass is 9.96. The van der Waals surface area contributed by atoms with Crippen molar-refractivity contribution in [2.75, 3.05) is 32.3 Å². The summed E-state index contributed by atoms with van der Waals surface area (Å²) in [6, 6.07) is 20.5. The minimum Gasteiger partial charge on any atom is -0.490 e. The molecule has 0 unspecified atom stereocenters. The number of esters is 1. The summed E-state index contributed by atoms with van der Waals surface area (Å²) in [5.41, 5.74) is 5.86. The van der Waals surface area contributed by atoms with Gasteiger partial charge in [-0.05, 0) is 80.2 Å². The van der Waals surface area contributed by atoms with Crippen LogP contribution in [0.2, 0.25) is 5.02 Å². The average Bonchev–Trinajstić information content (AvgIpc) is 3.48. The fourth-order valence-corrected chi connectivity index (χ4v) is 5.92. The third-order valence-electron chi connectivity index (χ3n) is 7.18. The normalized spacial score (nSPS) is 16.5. The van der Waals surface area contributed by atoms with Gasteiger partial charge in [0, 0.05) is 30.4 Å². The number of methoxy groups -OCH3 is 2. The summed E-state index contributed by atoms with van der Waals surface area (Å²) >= 11 is 12.6. The van der Waals surface area contributed by atoms with Crippen molar-refractivity contribution in [3.05, 3.63) is 106 Å². The molecule has 10 heteroatoms. The molecule has 0 spiro atoms. The molecule has 4 aromatic rings. The highest BCUT2D eigenvalue weighted by molar-refractivity contribution is 7.80. The second kappa shape index (κ2) is 12.3. The van der Waals surface area contributed by atoms with Gasteiger partial charge in [-0.3, -0.25) is 4.98 Å². The van der Waals surface area contributed by atoms with Gasteiger partial charge >= 0.3 is 5.97 Å². The van der Waals surface area contributed by atoms with Gasteiger partial charge < -0.3 is 29.0 Å². The van der Waals surface area contributed by atoms with E-state index in [4.69, 9.17) is 38.0 Å². The molecule has 8 nitrogen and oxygen atoms in total. The SMILES string of the molecule is COCCOc1ccc(N2C(=S)N[C@H](c3ccccn3)[C@H]2c2cc(C)n(-c3ccccc3C(=O)OC)c2C)cc1Cl. The number of rotatable bonds is 9. The van der Waals surface area contributed by atoms with Gasteiger partial charge in [0.2, 0.25) is 0 Å². The number of aromatic nitrogens is 2. The maximum atomic E-state index is 12.6. The van der Waals surface area contributed by atoms with Crippen LogP contribution < -0.4 is 15.0 Å². The molecule has 212 valence electrons. The molecular formula is C31H31ClN4O4S. The van der Waals surface area contributed by atoms with E-state index in [0.717, 1.165) is 34.0 Å². The molecule has 0 radical (unpaired) electrons. The molecule has 5 rings (SSSR count). The van der Waals surface area contributed by atoms with E-state index in [0.29, 0.717) is 34.7 Å². The number of aryl methyl sites for hydroxylation is 1. The lowest BCUT2D eigenvalue weighted by Crippen LogP contribution is -2.29. The number of pyridine rings is 1. The standard InChI is InChI=1S/C31H31ClN4O4S/c1-19-17-23(20(2)35(19)26-11-6-5-9-22(26)30(37)39-4)29-28(25-10-7-8-14-33-25)34-31(41)36(29)21-12-13-27(24(32)18-21)40-16-15-38-3/h5-14,17-18,28-29H,15-16H2,1-4H3,(H,34,41)/t28-,29-/m1/s1. The number of ether oxygens (including phenoxy) is 3. The van der Waals surface area contributed by atoms with Gasteiger partial charge in [-0.15, -0.1) is 0 Å². The largest absolute Gasteiger partial charge is 0.490 e. The number of hydrogen-bond donors (Lipinski definition) is 1. The zero-order chi connectivity index (χ0) is 29.1. The molecule has 1 aliphatic rings. The molecule has 41 heavy (non-hydrogen) atoms. The van der Waals surface area contributed by atoms with Crippen LogP contribution in [0.5, 0.6) is 5.75 Å². The maximum Gasteiger partial charge on any atom is 0.339 e. The number of anilines is 1. The van der Waals surface area contributed by atoms with Gasteiger partial charge in [0.15, 0.2) is 5.11 Å². The highest BCUT2D eigenvalue weighted by Crippen LogP contribution is 2.45. The monoisotopic (exact) mass is 590 g/mol. The number of halogens is 1. The summed E-state index contributed by atoms with van der Waals surface area (Å²) in [6.07, 6.45) is 1.78. The van der Waals surface area contributed by atoms with Crippen LogP contribution >= 0.6 is 23.8 Å². The molecule has 1 N–H and O–H groups in total. The zero-order valence-electron chi connectivity index (χ0n) is 23.3. The molecule has 1 fully saturated rings. The summed E-state index contributed by atoms with van der Waals surface area (Å²) in [5.74, 6) is 0.176. The summed E-state index contributed by atoms with van der Waals surface area (Å²) < 4.78 is 18.0. The van der Waals surface area contributed by atoms with Crippen LogP contribution in [0.4, 0.5) is 5.69 Å². The lowest BCUT2D eigenvalue weighted by Gasteiger charge is -2.28. The number of hydrogen-bond acceptors (Lipinski definition) is 6. The van der Waals surface area contributed by atoms with Gasteiger partial charge in [0.1, 0.15) is 12.4 Å². The van der Waals surface area contributed by atoms with E-state index in [9.17, 15) is 4.79 Å². The Labute approximate surface area is 249 Å². The number of carbonyl (C=O) groups is 1. The first-order valence-corrected chi connectivity index (χ1v) is 13.9. The van der Waals surface area contributed by atoms with Crippen LogP contribution in [0.1, 0.15) is 45.1 Å². The maximum absolute atomic E-state index is 12.6. The van der Waals surface area contributed by atoms with Crippen molar-refractivity contribution >= 4 is 40.6 Å². The van der Waals surface area contributed by atoms with Crippen molar-refractivity contribution in [3.8, 4) is 11.4 Å². The molecule has 1 saturated heterocycles. The predicted molar refractivity (Wildman–Crippen MR) is 163 cm³/mol. The second-order valence-electron chi connectivity index (χ2n) is 9.62. The number of carbonyl (C=O) groups excluding carboxylic acids is 1. The number of para-hydroxylation sites is 1. The van der Waals surface area contributed by atoms with Crippen molar-refractivity contribution in [2.45, 2.75) is 25.9 Å². The van der Waals surface area contributed by atoms with Crippen molar-refractivity contribution in [3.63, 3.8) is 0 Å². The Morgan fingerprint density at radius 3 is 2.54 bits per heavy atom. The first-order chi connectivity index (χ1) is 19.8. The van der Waals surface area contributed by atoms with E-state index in [-0.39, 0.29) is 12.1 Å². The molecule has 3 heterocycles. The Morgan fingerprint density at radius 1 is 1.05 bits per heavy atom. The van der Waals surface area contributed by atoms with Gasteiger partial charge in [-0.1, -0.05) is 29.8 Å². The van der Waals surface area contributed by atoms with Gasteiger partial charge in [-0.2, -0.15) is 0 Å². The van der Waals surface area contributed by atoms with E-state index < -0.39 is 5.97 Å². The van der Waals surface area contributed by atoms with E-state index >= 15 is 0 Å². The van der Waals surface area contributed by atoms with E-state index in [2.05, 4.69) is 25.8 Å². The Morgan fingerprint density at radius 2 is 1.83 bits per heavy atom. The highest BCUT2D eigenvalue weighted by atomic mass is 35.5. The second-order valence-corrected chi connectivity index (χ2v) is 10.4. The molecule has 0 saturated carbocycles. The quantitative estimate of drug-likeness (QED) is 0.142. The Bertz CT molecular complexity index is 1580. The fourth-order valence-electron chi connectivity index (χ4n) is 5.35. The van der Waals surface area contributed by atoms with E-state index in [1.54, 1.807) is 19.4 Å². The summed E-state index contributed by atoms with van der Waals surface area (Å²) in [5, 5.41) is 4.52. The molecule has 2 aromatic carbocycles. The van der Waals surface area contributed by atoms with Gasteiger partial charge in [-0.25, -0.2) is 4.79 Å². The molecule has 0 bridgehead atoms. The van der Waals surface area contributed by atoms with Crippen LogP contribution in [-0.4, -0.2) is 48.1 Å². The predicted octanol–water partition coefficient (Wildman–Crippen LogP) is 6.13. The highest BCUT2D eigenvalue weighted by Gasteiger charge is 2.42. The smallest absolute Gasteiger partial charge is 0.339 e. The van der Waals surface area contributed by atoms with Crippen molar-refractivity contribution < 1.29 is 19.0 Å². The third kappa shape index (κ3) is 5.53. The van der Waals surface area contributed by atoms with Crippen LogP contribution in [0.15, 0.2) is 72.9 Å². The van der Waals surface area contributed by atoms with Crippen molar-refractivity contribution in [2.24, 2.45) is 0 Å². The number of benzene rings is 2. The Kier molecular flexibility index (Phi) is 8.58. The van der Waals surface area contributed by atoms with Crippen LogP contribution in [0.25, 0.3) is 5.69 Å². The molecule has 2 atom stereocenters. The van der Waals surface area contributed by atoms with Gasteiger partial charge in [0.05, 0.1) is 47.8 Å². The molecule has 0 amide bonds. The van der Waals surface area contributed by atoms with Crippen LogP contribution in [-0.2, 0) is 9.47 Å². The third-order valence-corrected chi connectivity index (χ3v) is 7.79. The van der Waals surface area contributed by atoms with Crippen molar-refractivity contribution in [1.29, 1.82) is 0 Å². The first-order valence-electron chi connectivity index (χ1n) is 13.1. The first kappa shape index (κ1) is 28.6. The summed E-state index contributed by atoms with van der Waals surface area (Å²) in [7, 11) is 3.01. The summed E-state index contributed by atoms with van der Waals surface area (Å²) in [4.78, 5) is 19.4.